The maximum Gasteiger partial charge on any atom is 0.242 e. The van der Waals surface area contributed by atoms with Gasteiger partial charge in [-0.15, -0.1) is 0 Å². The molecular formula is C10H13N2OP. The van der Waals surface area contributed by atoms with Gasteiger partial charge in [0.05, 0.1) is 0 Å². The van der Waals surface area contributed by atoms with Gasteiger partial charge in [-0.3, -0.25) is 4.79 Å². The Labute approximate surface area is 84.7 Å². The fraction of sp³-hybridized carbons (Fsp3) is 0.600. The summed E-state index contributed by atoms with van der Waals surface area (Å²) in [5.74, 6) is 0.776. The van der Waals surface area contributed by atoms with Crippen molar-refractivity contribution >= 4 is 19.7 Å². The number of fused-ring (bicyclic) bond motifs is 5. The monoisotopic (exact) mass is 208 g/mol. The Bertz CT molecular complexity index is 363. The van der Waals surface area contributed by atoms with E-state index in [1.807, 2.05) is 0 Å². The van der Waals surface area contributed by atoms with E-state index in [1.54, 1.807) is 11.7 Å². The first kappa shape index (κ1) is 8.60. The zero-order valence-corrected chi connectivity index (χ0v) is 9.24. The van der Waals surface area contributed by atoms with Gasteiger partial charge in [0.1, 0.15) is 0 Å². The molecule has 0 aromatic rings. The highest BCUT2D eigenvalue weighted by Crippen LogP contribution is 2.67. The van der Waals surface area contributed by atoms with Crippen molar-refractivity contribution in [2.45, 2.75) is 31.6 Å². The van der Waals surface area contributed by atoms with Crippen LogP contribution in [0.25, 0.3) is 0 Å². The molecular weight excluding hydrogens is 195 g/mol. The summed E-state index contributed by atoms with van der Waals surface area (Å²) in [5, 5.41) is 4.40. The minimum Gasteiger partial charge on any atom is -0.273 e. The topological polar surface area (TPSA) is 32.7 Å². The maximum atomic E-state index is 11.4. The number of carbonyl (C=O) groups is 1. The summed E-state index contributed by atoms with van der Waals surface area (Å²) in [4.78, 5) is 11.4. The Kier molecular flexibility index (Phi) is 1.64. The first-order chi connectivity index (χ1) is 6.68. The highest BCUT2D eigenvalue weighted by Gasteiger charge is 2.52. The van der Waals surface area contributed by atoms with Crippen molar-refractivity contribution in [1.82, 2.24) is 4.78 Å². The molecule has 0 radical (unpaired) electrons. The molecule has 3 rings (SSSR count). The molecule has 1 amide bonds. The summed E-state index contributed by atoms with van der Waals surface area (Å²) >= 11 is 0. The predicted molar refractivity (Wildman–Crippen MR) is 57.4 cm³/mol. The fourth-order valence-corrected chi connectivity index (χ4v) is 6.07. The van der Waals surface area contributed by atoms with E-state index in [2.05, 4.69) is 24.2 Å². The molecule has 3 nitrogen and oxygen atoms in total. The van der Waals surface area contributed by atoms with Crippen LogP contribution in [0, 0.1) is 5.92 Å². The van der Waals surface area contributed by atoms with Gasteiger partial charge in [0.25, 0.3) is 0 Å². The second kappa shape index (κ2) is 2.66. The van der Waals surface area contributed by atoms with Crippen LogP contribution in [0.3, 0.4) is 0 Å². The summed E-state index contributed by atoms with van der Waals surface area (Å²) < 4.78 is 1.77. The molecule has 0 N–H and O–H groups in total. The Morgan fingerprint density at radius 1 is 1.64 bits per heavy atom. The number of amides is 1. The van der Waals surface area contributed by atoms with Gasteiger partial charge in [-0.05, 0) is 19.3 Å². The van der Waals surface area contributed by atoms with Crippen LogP contribution in [-0.4, -0.2) is 27.7 Å². The molecule has 0 aromatic carbocycles. The average molecular weight is 208 g/mol. The van der Waals surface area contributed by atoms with Gasteiger partial charge in [0.15, 0.2) is 0 Å². The van der Waals surface area contributed by atoms with E-state index in [9.17, 15) is 4.79 Å². The summed E-state index contributed by atoms with van der Waals surface area (Å²) in [6.07, 6.45) is 5.85. The van der Waals surface area contributed by atoms with Crippen molar-refractivity contribution in [3.8, 4) is 0 Å². The largest absolute Gasteiger partial charge is 0.273 e. The second-order valence-electron chi connectivity index (χ2n) is 4.23. The van der Waals surface area contributed by atoms with Gasteiger partial charge in [0.2, 0.25) is 5.91 Å². The molecule has 2 bridgehead atoms. The number of nitrogens with zero attached hydrogens (tertiary/aromatic N) is 2. The van der Waals surface area contributed by atoms with E-state index < -0.39 is 0 Å². The quantitative estimate of drug-likeness (QED) is 0.442. The molecule has 74 valence electrons. The van der Waals surface area contributed by atoms with E-state index >= 15 is 0 Å². The van der Waals surface area contributed by atoms with Crippen LogP contribution >= 0.6 is 8.07 Å². The summed E-state index contributed by atoms with van der Waals surface area (Å²) in [6.45, 7) is 3.69. The molecule has 4 heteroatoms. The van der Waals surface area contributed by atoms with Crippen LogP contribution in [-0.2, 0) is 4.79 Å². The van der Waals surface area contributed by atoms with E-state index in [0.29, 0.717) is 17.2 Å². The van der Waals surface area contributed by atoms with Crippen molar-refractivity contribution in [2.75, 3.05) is 0 Å². The fourth-order valence-electron chi connectivity index (χ4n) is 2.79. The van der Waals surface area contributed by atoms with E-state index in [4.69, 9.17) is 0 Å². The van der Waals surface area contributed by atoms with E-state index in [-0.39, 0.29) is 14.0 Å². The third-order valence-electron chi connectivity index (χ3n) is 3.31. The van der Waals surface area contributed by atoms with Crippen molar-refractivity contribution < 1.29 is 4.79 Å². The molecule has 2 heterocycles. The SMILES string of the molecule is CC(=O)N1N=C(C)[C@H]2[C@H]3C=C[C@H](C3)P21. The van der Waals surface area contributed by atoms with Crippen LogP contribution in [0.2, 0.25) is 0 Å². The minimum absolute atomic E-state index is 0.110. The lowest BCUT2D eigenvalue weighted by Gasteiger charge is -2.26. The Balaban J connectivity index is 2.00. The number of hydrogen-bond acceptors (Lipinski definition) is 2. The van der Waals surface area contributed by atoms with Gasteiger partial charge >= 0.3 is 0 Å². The Morgan fingerprint density at radius 3 is 3.14 bits per heavy atom. The summed E-state index contributed by atoms with van der Waals surface area (Å²) in [6, 6.07) is 0. The zero-order valence-electron chi connectivity index (χ0n) is 8.34. The minimum atomic E-state index is -0.356. The molecule has 0 aromatic heterocycles. The molecule has 1 fully saturated rings. The Hall–Kier alpha value is -0.690. The second-order valence-corrected chi connectivity index (χ2v) is 6.59. The van der Waals surface area contributed by atoms with Crippen molar-refractivity contribution in [2.24, 2.45) is 11.0 Å². The standard InChI is InChI=1S/C10H13N2OP/c1-6-10-8-3-4-9(5-8)14(10)12(11-6)7(2)13/h3-4,8-10H,5H2,1-2H3/t8-,9+,10-,14?/m0/s1. The molecule has 1 unspecified atom stereocenters. The Morgan fingerprint density at radius 2 is 2.43 bits per heavy atom. The lowest BCUT2D eigenvalue weighted by atomic mass is 10.0. The molecule has 1 aliphatic carbocycles. The smallest absolute Gasteiger partial charge is 0.242 e. The molecule has 3 aliphatic rings. The molecule has 2 aliphatic heterocycles. The van der Waals surface area contributed by atoms with Crippen molar-refractivity contribution in [3.63, 3.8) is 0 Å². The first-order valence-electron chi connectivity index (χ1n) is 5.01. The van der Waals surface area contributed by atoms with Crippen molar-refractivity contribution in [1.29, 1.82) is 0 Å². The molecule has 0 saturated carbocycles. The van der Waals surface area contributed by atoms with Gasteiger partial charge in [-0.25, -0.2) is 4.78 Å². The highest BCUT2D eigenvalue weighted by atomic mass is 31.1. The summed E-state index contributed by atoms with van der Waals surface area (Å²) in [7, 11) is -0.356. The summed E-state index contributed by atoms with van der Waals surface area (Å²) in [5.41, 5.74) is 2.36. The predicted octanol–water partition coefficient (Wildman–Crippen LogP) is 1.95. The molecule has 0 spiro atoms. The number of hydrogen-bond donors (Lipinski definition) is 0. The number of rotatable bonds is 0. The molecule has 14 heavy (non-hydrogen) atoms. The third kappa shape index (κ3) is 0.912. The van der Waals surface area contributed by atoms with Crippen molar-refractivity contribution in [3.05, 3.63) is 12.2 Å². The highest BCUT2D eigenvalue weighted by molar-refractivity contribution is 7.59. The van der Waals surface area contributed by atoms with Gasteiger partial charge in [-0.1, -0.05) is 12.2 Å². The number of allylic oxidation sites excluding steroid dienone is 2. The van der Waals surface area contributed by atoms with Crippen LogP contribution in [0.15, 0.2) is 17.3 Å². The lowest BCUT2D eigenvalue weighted by molar-refractivity contribution is -0.124. The van der Waals surface area contributed by atoms with Crippen LogP contribution < -0.4 is 0 Å². The van der Waals surface area contributed by atoms with Crippen LogP contribution in [0.1, 0.15) is 20.3 Å². The first-order valence-corrected chi connectivity index (χ1v) is 6.44. The van der Waals surface area contributed by atoms with Gasteiger partial charge < -0.3 is 0 Å². The third-order valence-corrected chi connectivity index (χ3v) is 6.50. The van der Waals surface area contributed by atoms with E-state index in [1.165, 1.54) is 12.1 Å². The van der Waals surface area contributed by atoms with E-state index in [0.717, 1.165) is 0 Å². The maximum absolute atomic E-state index is 11.4. The molecule has 4 atom stereocenters. The average Bonchev–Trinajstić information content (AvgIpc) is 2.75. The zero-order chi connectivity index (χ0) is 9.87. The van der Waals surface area contributed by atoms with Crippen LogP contribution in [0.4, 0.5) is 0 Å². The van der Waals surface area contributed by atoms with Crippen LogP contribution in [0.5, 0.6) is 0 Å². The normalized spacial score (nSPS) is 43.0. The van der Waals surface area contributed by atoms with Gasteiger partial charge in [-0.2, -0.15) is 5.10 Å². The lowest BCUT2D eigenvalue weighted by Crippen LogP contribution is -2.21. The number of carbonyl (C=O) groups excluding carboxylic acids is 1. The number of hydrazone groups is 1. The molecule has 1 saturated heterocycles. The van der Waals surface area contributed by atoms with Gasteiger partial charge in [0, 0.05) is 32.0 Å².